The van der Waals surface area contributed by atoms with Gasteiger partial charge in [0, 0.05) is 5.56 Å². The largest absolute Gasteiger partial charge is 0.394 e. The topological polar surface area (TPSA) is 44.6 Å². The molecule has 0 saturated carbocycles. The lowest BCUT2D eigenvalue weighted by atomic mass is 10.1. The summed E-state index contributed by atoms with van der Waals surface area (Å²) in [6, 6.07) is 3.41. The third kappa shape index (κ3) is 3.25. The number of rotatable bonds is 4. The minimum Gasteiger partial charge on any atom is -0.394 e. The molecule has 0 amide bonds. The standard InChI is InChI=1S/C10H11Cl3N2O/c1-6(15-14-4-5-16)7-2-3-8(11)10(13)9(7)12/h2-3,14,16H,4-5H2,1H3/b15-6-. The molecule has 0 aromatic heterocycles. The zero-order chi connectivity index (χ0) is 12.1. The van der Waals surface area contributed by atoms with Crippen molar-refractivity contribution in [2.45, 2.75) is 6.92 Å². The number of hydrogen-bond donors (Lipinski definition) is 2. The molecule has 0 saturated heterocycles. The van der Waals surface area contributed by atoms with E-state index in [0.29, 0.717) is 32.9 Å². The van der Waals surface area contributed by atoms with Gasteiger partial charge < -0.3 is 10.5 Å². The van der Waals surface area contributed by atoms with Crippen molar-refractivity contribution in [3.63, 3.8) is 0 Å². The Bertz CT molecular complexity index is 407. The van der Waals surface area contributed by atoms with Crippen LogP contribution in [0.15, 0.2) is 17.2 Å². The van der Waals surface area contributed by atoms with Crippen LogP contribution in [0.2, 0.25) is 15.1 Å². The highest BCUT2D eigenvalue weighted by Gasteiger charge is 2.10. The van der Waals surface area contributed by atoms with E-state index in [1.165, 1.54) is 0 Å². The quantitative estimate of drug-likeness (QED) is 0.386. The van der Waals surface area contributed by atoms with Gasteiger partial charge in [-0.25, -0.2) is 0 Å². The Morgan fingerprint density at radius 3 is 2.62 bits per heavy atom. The lowest BCUT2D eigenvalue weighted by molar-refractivity contribution is 0.293. The van der Waals surface area contributed by atoms with Gasteiger partial charge in [-0.1, -0.05) is 40.9 Å². The lowest BCUT2D eigenvalue weighted by Crippen LogP contribution is -2.14. The number of benzene rings is 1. The van der Waals surface area contributed by atoms with E-state index in [0.717, 1.165) is 0 Å². The molecule has 0 fully saturated rings. The zero-order valence-electron chi connectivity index (χ0n) is 8.60. The number of hydrogen-bond acceptors (Lipinski definition) is 3. The van der Waals surface area contributed by atoms with Gasteiger partial charge in [-0.15, -0.1) is 0 Å². The normalized spacial score (nSPS) is 11.7. The SMILES string of the molecule is C/C(=N/NCCO)c1ccc(Cl)c(Cl)c1Cl. The maximum absolute atomic E-state index is 8.59. The van der Waals surface area contributed by atoms with Gasteiger partial charge in [0.05, 0.1) is 33.9 Å². The summed E-state index contributed by atoms with van der Waals surface area (Å²) in [7, 11) is 0. The van der Waals surface area contributed by atoms with Crippen molar-refractivity contribution >= 4 is 40.5 Å². The fourth-order valence-corrected chi connectivity index (χ4v) is 1.76. The molecule has 0 aliphatic heterocycles. The first-order valence-corrected chi connectivity index (χ1v) is 5.73. The summed E-state index contributed by atoms with van der Waals surface area (Å²) in [5, 5.41) is 13.7. The molecule has 16 heavy (non-hydrogen) atoms. The maximum Gasteiger partial charge on any atom is 0.0785 e. The molecule has 1 aromatic rings. The smallest absolute Gasteiger partial charge is 0.0785 e. The molecule has 6 heteroatoms. The molecule has 0 spiro atoms. The summed E-state index contributed by atoms with van der Waals surface area (Å²) in [6.45, 7) is 2.19. The van der Waals surface area contributed by atoms with Crippen LogP contribution in [0.4, 0.5) is 0 Å². The van der Waals surface area contributed by atoms with Crippen LogP contribution in [0.25, 0.3) is 0 Å². The van der Waals surface area contributed by atoms with E-state index >= 15 is 0 Å². The summed E-state index contributed by atoms with van der Waals surface area (Å²) in [5.74, 6) is 0. The molecule has 2 N–H and O–H groups in total. The number of nitrogens with zero attached hydrogens (tertiary/aromatic N) is 1. The van der Waals surface area contributed by atoms with Gasteiger partial charge in [0.2, 0.25) is 0 Å². The summed E-state index contributed by atoms with van der Waals surface area (Å²) in [6.07, 6.45) is 0. The fourth-order valence-electron chi connectivity index (χ4n) is 1.09. The van der Waals surface area contributed by atoms with Gasteiger partial charge in [-0.2, -0.15) is 5.10 Å². The molecule has 1 rings (SSSR count). The van der Waals surface area contributed by atoms with Crippen molar-refractivity contribution in [2.24, 2.45) is 5.10 Å². The first kappa shape index (κ1) is 13.6. The van der Waals surface area contributed by atoms with Crippen molar-refractivity contribution in [3.8, 4) is 0 Å². The van der Waals surface area contributed by atoms with Crippen LogP contribution in [0.5, 0.6) is 0 Å². The third-order valence-corrected chi connectivity index (χ3v) is 3.19. The van der Waals surface area contributed by atoms with Gasteiger partial charge in [-0.3, -0.25) is 0 Å². The van der Waals surface area contributed by atoms with E-state index in [1.54, 1.807) is 19.1 Å². The maximum atomic E-state index is 8.59. The highest BCUT2D eigenvalue weighted by Crippen LogP contribution is 2.32. The second-order valence-electron chi connectivity index (χ2n) is 3.05. The molecule has 88 valence electrons. The third-order valence-electron chi connectivity index (χ3n) is 1.90. The molecule has 0 atom stereocenters. The Morgan fingerprint density at radius 1 is 1.31 bits per heavy atom. The predicted octanol–water partition coefficient (Wildman–Crippen LogP) is 2.95. The zero-order valence-corrected chi connectivity index (χ0v) is 10.9. The molecular formula is C10H11Cl3N2O. The molecular weight excluding hydrogens is 270 g/mol. The van der Waals surface area contributed by atoms with Crippen LogP contribution in [0, 0.1) is 0 Å². The van der Waals surface area contributed by atoms with E-state index in [1.807, 2.05) is 0 Å². The number of nitrogens with one attached hydrogen (secondary N) is 1. The predicted molar refractivity (Wildman–Crippen MR) is 68.8 cm³/mol. The Balaban J connectivity index is 2.96. The first-order valence-electron chi connectivity index (χ1n) is 4.59. The number of aliphatic hydroxyl groups excluding tert-OH is 1. The van der Waals surface area contributed by atoms with Crippen LogP contribution < -0.4 is 5.43 Å². The van der Waals surface area contributed by atoms with E-state index in [9.17, 15) is 0 Å². The molecule has 1 aromatic carbocycles. The van der Waals surface area contributed by atoms with Crippen molar-refractivity contribution < 1.29 is 5.11 Å². The number of aliphatic hydroxyl groups is 1. The lowest BCUT2D eigenvalue weighted by Gasteiger charge is -2.07. The molecule has 0 aliphatic carbocycles. The minimum atomic E-state index is 0.0197. The monoisotopic (exact) mass is 280 g/mol. The summed E-state index contributed by atoms with van der Waals surface area (Å²) in [4.78, 5) is 0. The second kappa shape index (κ2) is 6.30. The van der Waals surface area contributed by atoms with Gasteiger partial charge in [0.25, 0.3) is 0 Å². The molecule has 0 heterocycles. The number of halogens is 3. The van der Waals surface area contributed by atoms with Gasteiger partial charge in [0.1, 0.15) is 0 Å². The highest BCUT2D eigenvalue weighted by molar-refractivity contribution is 6.49. The Labute approximate surface area is 109 Å². The average molecular weight is 282 g/mol. The van der Waals surface area contributed by atoms with Gasteiger partial charge in [0.15, 0.2) is 0 Å². The van der Waals surface area contributed by atoms with E-state index in [-0.39, 0.29) is 6.61 Å². The van der Waals surface area contributed by atoms with Crippen LogP contribution in [0.1, 0.15) is 12.5 Å². The molecule has 0 bridgehead atoms. The van der Waals surface area contributed by atoms with Crippen molar-refractivity contribution in [2.75, 3.05) is 13.2 Å². The van der Waals surface area contributed by atoms with Crippen LogP contribution >= 0.6 is 34.8 Å². The van der Waals surface area contributed by atoms with Crippen molar-refractivity contribution in [1.29, 1.82) is 0 Å². The molecule has 0 radical (unpaired) electrons. The van der Waals surface area contributed by atoms with Gasteiger partial charge >= 0.3 is 0 Å². The first-order chi connectivity index (χ1) is 7.57. The van der Waals surface area contributed by atoms with Crippen molar-refractivity contribution in [3.05, 3.63) is 32.8 Å². The molecule has 0 aliphatic rings. The summed E-state index contributed by atoms with van der Waals surface area (Å²) in [5.41, 5.74) is 4.09. The van der Waals surface area contributed by atoms with E-state index < -0.39 is 0 Å². The van der Waals surface area contributed by atoms with Gasteiger partial charge in [-0.05, 0) is 13.0 Å². The minimum absolute atomic E-state index is 0.0197. The Morgan fingerprint density at radius 2 is 2.00 bits per heavy atom. The van der Waals surface area contributed by atoms with Crippen LogP contribution in [-0.2, 0) is 0 Å². The molecule has 3 nitrogen and oxygen atoms in total. The van der Waals surface area contributed by atoms with E-state index in [4.69, 9.17) is 39.9 Å². The van der Waals surface area contributed by atoms with E-state index in [2.05, 4.69) is 10.5 Å². The Hall–Kier alpha value is -0.480. The van der Waals surface area contributed by atoms with Crippen LogP contribution in [-0.4, -0.2) is 24.0 Å². The molecule has 0 unspecified atom stereocenters. The second-order valence-corrected chi connectivity index (χ2v) is 4.21. The Kier molecular flexibility index (Phi) is 5.35. The number of hydrazone groups is 1. The van der Waals surface area contributed by atoms with Crippen molar-refractivity contribution in [1.82, 2.24) is 5.43 Å². The fraction of sp³-hybridized carbons (Fsp3) is 0.300. The highest BCUT2D eigenvalue weighted by atomic mass is 35.5. The summed E-state index contributed by atoms with van der Waals surface area (Å²) < 4.78 is 0. The van der Waals surface area contributed by atoms with Crippen LogP contribution in [0.3, 0.4) is 0 Å². The average Bonchev–Trinajstić information content (AvgIpc) is 2.26. The summed E-state index contributed by atoms with van der Waals surface area (Å²) >= 11 is 17.8.